The molecule has 0 fully saturated rings. The summed E-state index contributed by atoms with van der Waals surface area (Å²) in [6.45, 7) is 0. The van der Waals surface area contributed by atoms with Gasteiger partial charge in [-0.1, -0.05) is 12.1 Å². The molecule has 0 saturated heterocycles. The van der Waals surface area contributed by atoms with Gasteiger partial charge in [0.1, 0.15) is 0 Å². The first-order valence-electron chi connectivity index (χ1n) is 6.99. The molecule has 1 aliphatic carbocycles. The van der Waals surface area contributed by atoms with Crippen LogP contribution in [0.25, 0.3) is 0 Å². The largest absolute Gasteiger partial charge is 0.416 e. The van der Waals surface area contributed by atoms with Gasteiger partial charge in [0, 0.05) is 9.75 Å². The molecule has 0 saturated carbocycles. The quantitative estimate of drug-likeness (QED) is 0.855. The molecule has 5 heteroatoms. The van der Waals surface area contributed by atoms with Gasteiger partial charge in [0.2, 0.25) is 0 Å². The Hall–Kier alpha value is -1.33. The number of alkyl halides is 3. The second-order valence-electron chi connectivity index (χ2n) is 5.41. The maximum absolute atomic E-state index is 12.8. The molecule has 1 atom stereocenters. The third-order valence-electron chi connectivity index (χ3n) is 3.90. The van der Waals surface area contributed by atoms with E-state index in [1.54, 1.807) is 17.4 Å². The fraction of sp³-hybridized carbons (Fsp3) is 0.375. The average molecular weight is 311 g/mol. The van der Waals surface area contributed by atoms with Crippen LogP contribution in [0.5, 0.6) is 0 Å². The summed E-state index contributed by atoms with van der Waals surface area (Å²) >= 11 is 1.65. The van der Waals surface area contributed by atoms with Gasteiger partial charge in [-0.2, -0.15) is 13.2 Å². The van der Waals surface area contributed by atoms with Gasteiger partial charge in [0.05, 0.1) is 11.6 Å². The van der Waals surface area contributed by atoms with Crippen LogP contribution in [0.3, 0.4) is 0 Å². The molecule has 112 valence electrons. The van der Waals surface area contributed by atoms with Crippen LogP contribution in [-0.2, 0) is 19.0 Å². The number of hydrogen-bond donors (Lipinski definition) is 1. The highest BCUT2D eigenvalue weighted by molar-refractivity contribution is 7.12. The van der Waals surface area contributed by atoms with E-state index in [9.17, 15) is 13.2 Å². The van der Waals surface area contributed by atoms with Crippen molar-refractivity contribution < 1.29 is 13.2 Å². The van der Waals surface area contributed by atoms with Gasteiger partial charge in [0.25, 0.3) is 0 Å². The van der Waals surface area contributed by atoms with Crippen molar-refractivity contribution in [2.45, 2.75) is 37.9 Å². The topological polar surface area (TPSA) is 26.0 Å². The molecule has 1 aliphatic rings. The van der Waals surface area contributed by atoms with E-state index in [0.29, 0.717) is 5.56 Å². The van der Waals surface area contributed by atoms with Crippen LogP contribution in [-0.4, -0.2) is 0 Å². The molecule has 2 N–H and O–H groups in total. The van der Waals surface area contributed by atoms with E-state index in [-0.39, 0.29) is 0 Å². The van der Waals surface area contributed by atoms with Crippen molar-refractivity contribution in [1.82, 2.24) is 0 Å². The number of halogens is 3. The molecule has 0 spiro atoms. The van der Waals surface area contributed by atoms with Gasteiger partial charge in [0.15, 0.2) is 0 Å². The molecule has 1 aromatic heterocycles. The van der Waals surface area contributed by atoms with Crippen LogP contribution in [0.15, 0.2) is 30.3 Å². The first kappa shape index (κ1) is 14.6. The standard InChI is InChI=1S/C16H16F3NS/c17-16(18,19)12-6-3-5-11(8-12)15(20)14-9-10-4-1-2-7-13(10)21-14/h3,5-6,8-9,15H,1-2,4,7,20H2. The first-order chi connectivity index (χ1) is 9.95. The number of fused-ring (bicyclic) bond motifs is 1. The van der Waals surface area contributed by atoms with Gasteiger partial charge in [-0.25, -0.2) is 0 Å². The van der Waals surface area contributed by atoms with Crippen molar-refractivity contribution in [1.29, 1.82) is 0 Å². The summed E-state index contributed by atoms with van der Waals surface area (Å²) in [6, 6.07) is 6.91. The Morgan fingerprint density at radius 3 is 2.57 bits per heavy atom. The lowest BCUT2D eigenvalue weighted by Crippen LogP contribution is -2.12. The Morgan fingerprint density at radius 2 is 1.86 bits per heavy atom. The molecule has 0 radical (unpaired) electrons. The lowest BCUT2D eigenvalue weighted by Gasteiger charge is -2.13. The van der Waals surface area contributed by atoms with E-state index in [0.717, 1.165) is 29.9 Å². The van der Waals surface area contributed by atoms with E-state index in [1.165, 1.54) is 29.3 Å². The van der Waals surface area contributed by atoms with Crippen LogP contribution >= 0.6 is 11.3 Å². The Labute approximate surface area is 125 Å². The van der Waals surface area contributed by atoms with Crippen molar-refractivity contribution in [3.8, 4) is 0 Å². The van der Waals surface area contributed by atoms with Crippen molar-refractivity contribution in [2.24, 2.45) is 5.73 Å². The Kier molecular flexibility index (Phi) is 3.80. The molecule has 21 heavy (non-hydrogen) atoms. The molecule has 0 bridgehead atoms. The summed E-state index contributed by atoms with van der Waals surface area (Å²) in [6.07, 6.45) is 0.161. The van der Waals surface area contributed by atoms with Crippen LogP contribution in [0.2, 0.25) is 0 Å². The van der Waals surface area contributed by atoms with Crippen LogP contribution in [0.1, 0.15) is 45.3 Å². The third kappa shape index (κ3) is 2.99. The Morgan fingerprint density at radius 1 is 1.10 bits per heavy atom. The van der Waals surface area contributed by atoms with Crippen LogP contribution < -0.4 is 5.73 Å². The Balaban J connectivity index is 1.91. The lowest BCUT2D eigenvalue weighted by atomic mass is 9.97. The highest BCUT2D eigenvalue weighted by atomic mass is 32.1. The zero-order chi connectivity index (χ0) is 15.0. The fourth-order valence-corrected chi connectivity index (χ4v) is 4.03. The molecule has 1 nitrogen and oxygen atoms in total. The number of aryl methyl sites for hydroxylation is 2. The van der Waals surface area contributed by atoms with Gasteiger partial charge < -0.3 is 5.73 Å². The zero-order valence-electron chi connectivity index (χ0n) is 11.4. The van der Waals surface area contributed by atoms with E-state index < -0.39 is 17.8 Å². The van der Waals surface area contributed by atoms with Crippen molar-refractivity contribution >= 4 is 11.3 Å². The minimum absolute atomic E-state index is 0.483. The predicted molar refractivity (Wildman–Crippen MR) is 78.4 cm³/mol. The van der Waals surface area contributed by atoms with Gasteiger partial charge in [-0.3, -0.25) is 0 Å². The van der Waals surface area contributed by atoms with E-state index in [1.807, 2.05) is 0 Å². The third-order valence-corrected chi connectivity index (χ3v) is 5.22. The molecule has 1 aromatic carbocycles. The number of nitrogens with two attached hydrogens (primary N) is 1. The van der Waals surface area contributed by atoms with Gasteiger partial charge >= 0.3 is 6.18 Å². The van der Waals surface area contributed by atoms with Gasteiger partial charge in [-0.05, 0) is 55.0 Å². The monoisotopic (exact) mass is 311 g/mol. The van der Waals surface area contributed by atoms with E-state index >= 15 is 0 Å². The molecule has 0 aliphatic heterocycles. The fourth-order valence-electron chi connectivity index (χ4n) is 2.74. The predicted octanol–water partition coefficient (Wildman–Crippen LogP) is 4.69. The van der Waals surface area contributed by atoms with Crippen molar-refractivity contribution in [3.05, 3.63) is 56.8 Å². The number of thiophene rings is 1. The molecule has 2 aromatic rings. The van der Waals surface area contributed by atoms with E-state index in [4.69, 9.17) is 5.73 Å². The molecule has 1 unspecified atom stereocenters. The minimum Gasteiger partial charge on any atom is -0.320 e. The highest BCUT2D eigenvalue weighted by Crippen LogP contribution is 2.36. The summed E-state index contributed by atoms with van der Waals surface area (Å²) < 4.78 is 38.3. The number of benzene rings is 1. The van der Waals surface area contributed by atoms with Crippen LogP contribution in [0.4, 0.5) is 13.2 Å². The molecule has 1 heterocycles. The minimum atomic E-state index is -4.33. The summed E-state index contributed by atoms with van der Waals surface area (Å²) in [5.74, 6) is 0. The SMILES string of the molecule is NC(c1cccc(C(F)(F)F)c1)c1cc2c(s1)CCCC2. The highest BCUT2D eigenvalue weighted by Gasteiger charge is 2.31. The van der Waals surface area contributed by atoms with Gasteiger partial charge in [-0.15, -0.1) is 11.3 Å². The van der Waals surface area contributed by atoms with Crippen molar-refractivity contribution in [3.63, 3.8) is 0 Å². The summed E-state index contributed by atoms with van der Waals surface area (Å²) in [4.78, 5) is 2.31. The van der Waals surface area contributed by atoms with E-state index in [2.05, 4.69) is 6.07 Å². The lowest BCUT2D eigenvalue weighted by molar-refractivity contribution is -0.137. The van der Waals surface area contributed by atoms with Crippen LogP contribution in [0, 0.1) is 0 Å². The van der Waals surface area contributed by atoms with Crippen molar-refractivity contribution in [2.75, 3.05) is 0 Å². The first-order valence-corrected chi connectivity index (χ1v) is 7.81. The Bertz CT molecular complexity index is 622. The molecule has 0 amide bonds. The second kappa shape index (κ2) is 5.46. The number of hydrogen-bond acceptors (Lipinski definition) is 2. The average Bonchev–Trinajstić information content (AvgIpc) is 2.89. The molecular formula is C16H16F3NS. The summed E-state index contributed by atoms with van der Waals surface area (Å²) in [7, 11) is 0. The maximum Gasteiger partial charge on any atom is 0.416 e. The second-order valence-corrected chi connectivity index (χ2v) is 6.57. The number of rotatable bonds is 2. The summed E-state index contributed by atoms with van der Waals surface area (Å²) in [5.41, 5.74) is 7.38. The zero-order valence-corrected chi connectivity index (χ0v) is 12.2. The summed E-state index contributed by atoms with van der Waals surface area (Å²) in [5, 5.41) is 0. The molecule has 3 rings (SSSR count). The smallest absolute Gasteiger partial charge is 0.320 e. The normalized spacial score (nSPS) is 16.6. The maximum atomic E-state index is 12.8. The molecular weight excluding hydrogens is 295 g/mol.